The molecule has 0 rings (SSSR count). The monoisotopic (exact) mass is 405 g/mol. The van der Waals surface area contributed by atoms with Gasteiger partial charge in [0.1, 0.15) is 0 Å². The van der Waals surface area contributed by atoms with Gasteiger partial charge in [0.25, 0.3) is 0 Å². The number of hydrogen-bond donors (Lipinski definition) is 0. The molecule has 0 fully saturated rings. The van der Waals surface area contributed by atoms with Gasteiger partial charge in [0, 0.05) is 6.54 Å². The Bertz CT molecular complexity index is 326. The van der Waals surface area contributed by atoms with Gasteiger partial charge in [0.2, 0.25) is 0 Å². The van der Waals surface area contributed by atoms with Crippen LogP contribution in [-0.2, 0) is 13.6 Å². The standard InChI is InChI=1S/C22H48NO3P/c1-5-9-11-13-15-17-19-23(20-18-16-14-12-10-6-2)21-22-27(24,25-7-3)26-8-4/h5-22H2,1-4H3. The molecule has 0 aliphatic carbocycles. The lowest BCUT2D eigenvalue weighted by Crippen LogP contribution is -2.29. The van der Waals surface area contributed by atoms with E-state index in [1.165, 1.54) is 77.0 Å². The van der Waals surface area contributed by atoms with Crippen LogP contribution >= 0.6 is 7.60 Å². The Morgan fingerprint density at radius 3 is 1.41 bits per heavy atom. The molecule has 0 unspecified atom stereocenters. The third kappa shape index (κ3) is 16.7. The average molecular weight is 406 g/mol. The first-order valence-electron chi connectivity index (χ1n) is 11.7. The topological polar surface area (TPSA) is 38.8 Å². The molecule has 0 atom stereocenters. The molecule has 0 spiro atoms. The molecule has 0 radical (unpaired) electrons. The van der Waals surface area contributed by atoms with Crippen molar-refractivity contribution in [1.82, 2.24) is 4.90 Å². The molecule has 0 aromatic rings. The molecule has 0 aromatic heterocycles. The van der Waals surface area contributed by atoms with Crippen molar-refractivity contribution in [3.63, 3.8) is 0 Å². The lowest BCUT2D eigenvalue weighted by Gasteiger charge is -2.25. The Morgan fingerprint density at radius 1 is 0.593 bits per heavy atom. The Kier molecular flexibility index (Phi) is 19.5. The SMILES string of the molecule is CCCCCCCCN(CCCCCCCC)CCP(=O)(OCC)OCC. The average Bonchev–Trinajstić information content (AvgIpc) is 2.65. The van der Waals surface area contributed by atoms with E-state index in [0.717, 1.165) is 19.6 Å². The second-order valence-corrected chi connectivity index (χ2v) is 9.73. The van der Waals surface area contributed by atoms with E-state index in [0.29, 0.717) is 19.4 Å². The van der Waals surface area contributed by atoms with E-state index in [-0.39, 0.29) is 0 Å². The van der Waals surface area contributed by atoms with Crippen LogP contribution in [0.25, 0.3) is 0 Å². The first-order valence-corrected chi connectivity index (χ1v) is 13.4. The van der Waals surface area contributed by atoms with Crippen molar-refractivity contribution in [2.75, 3.05) is 39.0 Å². The highest BCUT2D eigenvalue weighted by atomic mass is 31.2. The van der Waals surface area contributed by atoms with Crippen LogP contribution in [0, 0.1) is 0 Å². The Hall–Kier alpha value is 0.110. The summed E-state index contributed by atoms with van der Waals surface area (Å²) in [5.74, 6) is 0. The number of rotatable bonds is 21. The van der Waals surface area contributed by atoms with Crippen molar-refractivity contribution in [1.29, 1.82) is 0 Å². The summed E-state index contributed by atoms with van der Waals surface area (Å²) in [6, 6.07) is 0. The summed E-state index contributed by atoms with van der Waals surface area (Å²) >= 11 is 0. The van der Waals surface area contributed by atoms with Crippen LogP contribution in [0.4, 0.5) is 0 Å². The molecule has 164 valence electrons. The van der Waals surface area contributed by atoms with Crippen molar-refractivity contribution in [2.24, 2.45) is 0 Å². The van der Waals surface area contributed by atoms with Crippen molar-refractivity contribution in [3.05, 3.63) is 0 Å². The summed E-state index contributed by atoms with van der Waals surface area (Å²) in [4.78, 5) is 2.49. The van der Waals surface area contributed by atoms with Crippen molar-refractivity contribution >= 4 is 7.60 Å². The lowest BCUT2D eigenvalue weighted by atomic mass is 10.1. The van der Waals surface area contributed by atoms with Gasteiger partial charge < -0.3 is 13.9 Å². The second kappa shape index (κ2) is 19.4. The smallest absolute Gasteiger partial charge is 0.309 e. The van der Waals surface area contributed by atoms with Gasteiger partial charge in [-0.1, -0.05) is 78.1 Å². The first-order chi connectivity index (χ1) is 13.1. The molecule has 0 aliphatic rings. The maximum atomic E-state index is 12.7. The highest BCUT2D eigenvalue weighted by molar-refractivity contribution is 7.53. The van der Waals surface area contributed by atoms with Gasteiger partial charge in [-0.2, -0.15) is 0 Å². The fourth-order valence-electron chi connectivity index (χ4n) is 3.39. The molecule has 5 heteroatoms. The minimum absolute atomic E-state index is 0.451. The van der Waals surface area contributed by atoms with E-state index in [1.54, 1.807) is 0 Å². The zero-order valence-electron chi connectivity index (χ0n) is 18.8. The highest BCUT2D eigenvalue weighted by Gasteiger charge is 2.24. The molecule has 4 nitrogen and oxygen atoms in total. The number of hydrogen-bond acceptors (Lipinski definition) is 4. The predicted molar refractivity (Wildman–Crippen MR) is 119 cm³/mol. The molecular weight excluding hydrogens is 357 g/mol. The fraction of sp³-hybridized carbons (Fsp3) is 1.00. The normalized spacial score (nSPS) is 12.2. The van der Waals surface area contributed by atoms with E-state index in [9.17, 15) is 4.57 Å². The largest absolute Gasteiger partial charge is 0.331 e. The predicted octanol–water partition coefficient (Wildman–Crippen LogP) is 7.28. The third-order valence-corrected chi connectivity index (χ3v) is 7.05. The van der Waals surface area contributed by atoms with Crippen LogP contribution < -0.4 is 0 Å². The van der Waals surface area contributed by atoms with Crippen LogP contribution in [-0.4, -0.2) is 43.9 Å². The molecule has 0 amide bonds. The van der Waals surface area contributed by atoms with Gasteiger partial charge in [-0.15, -0.1) is 0 Å². The summed E-state index contributed by atoms with van der Waals surface area (Å²) in [6.45, 7) is 12.2. The minimum atomic E-state index is -2.92. The van der Waals surface area contributed by atoms with Crippen molar-refractivity contribution in [3.8, 4) is 0 Å². The summed E-state index contributed by atoms with van der Waals surface area (Å²) < 4.78 is 23.7. The maximum absolute atomic E-state index is 12.7. The molecule has 0 heterocycles. The van der Waals surface area contributed by atoms with Crippen LogP contribution in [0.5, 0.6) is 0 Å². The highest BCUT2D eigenvalue weighted by Crippen LogP contribution is 2.47. The molecule has 0 aromatic carbocycles. The molecular formula is C22H48NO3P. The summed E-state index contributed by atoms with van der Waals surface area (Å²) in [7, 11) is -2.92. The maximum Gasteiger partial charge on any atom is 0.331 e. The van der Waals surface area contributed by atoms with Crippen LogP contribution in [0.15, 0.2) is 0 Å². The van der Waals surface area contributed by atoms with Gasteiger partial charge in [-0.05, 0) is 39.8 Å². The molecule has 0 saturated carbocycles. The van der Waals surface area contributed by atoms with E-state index in [1.807, 2.05) is 13.8 Å². The van der Waals surface area contributed by atoms with E-state index in [4.69, 9.17) is 9.05 Å². The van der Waals surface area contributed by atoms with Gasteiger partial charge in [-0.25, -0.2) is 0 Å². The molecule has 0 saturated heterocycles. The number of unbranched alkanes of at least 4 members (excludes halogenated alkanes) is 10. The van der Waals surface area contributed by atoms with Crippen LogP contribution in [0.2, 0.25) is 0 Å². The van der Waals surface area contributed by atoms with Crippen molar-refractivity contribution < 1.29 is 13.6 Å². The first kappa shape index (κ1) is 27.1. The second-order valence-electron chi connectivity index (χ2n) is 7.55. The molecule has 0 N–H and O–H groups in total. The quantitative estimate of drug-likeness (QED) is 0.149. The van der Waals surface area contributed by atoms with Gasteiger partial charge in [0.15, 0.2) is 0 Å². The summed E-state index contributed by atoms with van der Waals surface area (Å²) in [6.07, 6.45) is 16.3. The Balaban J connectivity index is 4.29. The zero-order valence-corrected chi connectivity index (χ0v) is 19.7. The number of nitrogens with zero attached hydrogens (tertiary/aromatic N) is 1. The third-order valence-electron chi connectivity index (χ3n) is 5.00. The van der Waals surface area contributed by atoms with E-state index < -0.39 is 7.60 Å². The van der Waals surface area contributed by atoms with Crippen molar-refractivity contribution in [2.45, 2.75) is 105 Å². The Morgan fingerprint density at radius 2 is 1.00 bits per heavy atom. The lowest BCUT2D eigenvalue weighted by molar-refractivity contribution is 0.210. The molecule has 27 heavy (non-hydrogen) atoms. The van der Waals surface area contributed by atoms with E-state index in [2.05, 4.69) is 18.7 Å². The fourth-order valence-corrected chi connectivity index (χ4v) is 5.04. The van der Waals surface area contributed by atoms with Gasteiger partial charge >= 0.3 is 7.60 Å². The molecule has 0 aliphatic heterocycles. The Labute approximate surface area is 170 Å². The van der Waals surface area contributed by atoms with Crippen LogP contribution in [0.1, 0.15) is 105 Å². The summed E-state index contributed by atoms with van der Waals surface area (Å²) in [5.41, 5.74) is 0. The zero-order chi connectivity index (χ0) is 20.2. The summed E-state index contributed by atoms with van der Waals surface area (Å²) in [5, 5.41) is 0. The van der Waals surface area contributed by atoms with Crippen LogP contribution in [0.3, 0.4) is 0 Å². The minimum Gasteiger partial charge on any atom is -0.309 e. The van der Waals surface area contributed by atoms with Gasteiger partial charge in [0.05, 0.1) is 19.4 Å². The van der Waals surface area contributed by atoms with Gasteiger partial charge in [-0.3, -0.25) is 4.57 Å². The molecule has 0 bridgehead atoms. The van der Waals surface area contributed by atoms with E-state index >= 15 is 0 Å².